The van der Waals surface area contributed by atoms with Crippen LogP contribution in [0, 0.1) is 0 Å². The second-order valence-electron chi connectivity index (χ2n) is 4.84. The lowest BCUT2D eigenvalue weighted by Gasteiger charge is -2.38. The highest BCUT2D eigenvalue weighted by Crippen LogP contribution is 2.35. The summed E-state index contributed by atoms with van der Waals surface area (Å²) in [5, 5.41) is 2.48. The maximum atomic E-state index is 12.6. The van der Waals surface area contributed by atoms with Crippen molar-refractivity contribution in [2.75, 3.05) is 26.8 Å². The predicted octanol–water partition coefficient (Wildman–Crippen LogP) is -0.0332. The topological polar surface area (TPSA) is 84.9 Å². The van der Waals surface area contributed by atoms with E-state index in [1.54, 1.807) is 6.07 Å². The molecule has 1 saturated heterocycles. The average molecular weight is 312 g/mol. The summed E-state index contributed by atoms with van der Waals surface area (Å²) in [6.07, 6.45) is 0.531. The molecule has 2 aliphatic heterocycles. The molecular weight excluding hydrogens is 296 g/mol. The average Bonchev–Trinajstić information content (AvgIpc) is 2.45. The standard InChI is InChI=1S/C13H16N2O5S/c1-14-13(16)10-4-5-15(10)21(17,18)9-2-3-11-12(8-9)20-7-6-19-11/h2-3,8,10H,4-7H2,1H3,(H,14,16)/t10-/m1/s1. The lowest BCUT2D eigenvalue weighted by atomic mass is 10.1. The Labute approximate surface area is 122 Å². The second-order valence-corrected chi connectivity index (χ2v) is 6.73. The maximum absolute atomic E-state index is 12.6. The van der Waals surface area contributed by atoms with Crippen LogP contribution in [-0.4, -0.2) is 51.5 Å². The van der Waals surface area contributed by atoms with Gasteiger partial charge in [0, 0.05) is 19.7 Å². The fourth-order valence-electron chi connectivity index (χ4n) is 2.40. The van der Waals surface area contributed by atoms with Gasteiger partial charge in [0.25, 0.3) is 0 Å². The highest BCUT2D eigenvalue weighted by Gasteiger charge is 2.42. The zero-order valence-corrected chi connectivity index (χ0v) is 12.4. The Morgan fingerprint density at radius 1 is 1.29 bits per heavy atom. The third-order valence-corrected chi connectivity index (χ3v) is 5.54. The van der Waals surface area contributed by atoms with Crippen LogP contribution in [0.4, 0.5) is 0 Å². The van der Waals surface area contributed by atoms with Gasteiger partial charge < -0.3 is 14.8 Å². The summed E-state index contributed by atoms with van der Waals surface area (Å²) in [6.45, 7) is 1.18. The molecule has 7 nitrogen and oxygen atoms in total. The molecule has 0 spiro atoms. The number of carbonyl (C=O) groups excluding carboxylic acids is 1. The molecule has 0 saturated carbocycles. The van der Waals surface area contributed by atoms with Crippen LogP contribution in [0.1, 0.15) is 6.42 Å². The largest absolute Gasteiger partial charge is 0.486 e. The summed E-state index contributed by atoms with van der Waals surface area (Å²) in [7, 11) is -2.21. The third kappa shape index (κ3) is 2.34. The number of amides is 1. The number of ether oxygens (including phenoxy) is 2. The van der Waals surface area contributed by atoms with Crippen molar-refractivity contribution in [3.05, 3.63) is 18.2 Å². The van der Waals surface area contributed by atoms with Crippen LogP contribution in [0.25, 0.3) is 0 Å². The molecule has 1 atom stereocenters. The van der Waals surface area contributed by atoms with Gasteiger partial charge in [0.2, 0.25) is 15.9 Å². The van der Waals surface area contributed by atoms with Gasteiger partial charge in [-0.3, -0.25) is 4.79 Å². The Morgan fingerprint density at radius 3 is 2.62 bits per heavy atom. The molecule has 114 valence electrons. The van der Waals surface area contributed by atoms with E-state index in [1.807, 2.05) is 0 Å². The van der Waals surface area contributed by atoms with Crippen LogP contribution < -0.4 is 14.8 Å². The summed E-state index contributed by atoms with van der Waals surface area (Å²) in [5.41, 5.74) is 0. The minimum absolute atomic E-state index is 0.111. The van der Waals surface area contributed by atoms with E-state index in [9.17, 15) is 13.2 Å². The lowest BCUT2D eigenvalue weighted by Crippen LogP contribution is -2.57. The van der Waals surface area contributed by atoms with Crippen LogP contribution in [0.3, 0.4) is 0 Å². The SMILES string of the molecule is CNC(=O)[C@H]1CCN1S(=O)(=O)c1ccc2c(c1)OCCO2. The molecule has 1 fully saturated rings. The van der Waals surface area contributed by atoms with Gasteiger partial charge in [-0.05, 0) is 18.6 Å². The molecule has 0 radical (unpaired) electrons. The Bertz CT molecular complexity index is 673. The zero-order valence-electron chi connectivity index (χ0n) is 11.5. The van der Waals surface area contributed by atoms with E-state index in [0.29, 0.717) is 37.7 Å². The van der Waals surface area contributed by atoms with Gasteiger partial charge in [-0.1, -0.05) is 0 Å². The van der Waals surface area contributed by atoms with E-state index in [1.165, 1.54) is 23.5 Å². The lowest BCUT2D eigenvalue weighted by molar-refractivity contribution is -0.127. The molecule has 1 amide bonds. The number of fused-ring (bicyclic) bond motifs is 1. The molecule has 8 heteroatoms. The van der Waals surface area contributed by atoms with Crippen molar-refractivity contribution < 1.29 is 22.7 Å². The van der Waals surface area contributed by atoms with Crippen molar-refractivity contribution in [3.63, 3.8) is 0 Å². The van der Waals surface area contributed by atoms with Crippen molar-refractivity contribution >= 4 is 15.9 Å². The Balaban J connectivity index is 1.90. The number of nitrogens with one attached hydrogen (secondary N) is 1. The zero-order chi connectivity index (χ0) is 15.0. The Kier molecular flexibility index (Phi) is 3.50. The summed E-state index contributed by atoms with van der Waals surface area (Å²) in [4.78, 5) is 11.8. The summed E-state index contributed by atoms with van der Waals surface area (Å²) in [6, 6.07) is 3.87. The van der Waals surface area contributed by atoms with Crippen LogP contribution in [0.15, 0.2) is 23.1 Å². The Morgan fingerprint density at radius 2 is 2.00 bits per heavy atom. The molecule has 1 N–H and O–H groups in total. The number of hydrogen-bond donors (Lipinski definition) is 1. The highest BCUT2D eigenvalue weighted by atomic mass is 32.2. The molecule has 0 aliphatic carbocycles. The summed E-state index contributed by atoms with van der Waals surface area (Å²) < 4.78 is 37.1. The minimum atomic E-state index is -3.70. The predicted molar refractivity (Wildman–Crippen MR) is 73.8 cm³/mol. The fourth-order valence-corrected chi connectivity index (χ4v) is 4.05. The van der Waals surface area contributed by atoms with Gasteiger partial charge in [-0.2, -0.15) is 4.31 Å². The number of sulfonamides is 1. The molecule has 21 heavy (non-hydrogen) atoms. The normalized spacial score (nSPS) is 21.5. The quantitative estimate of drug-likeness (QED) is 0.847. The summed E-state index contributed by atoms with van der Waals surface area (Å²) >= 11 is 0. The maximum Gasteiger partial charge on any atom is 0.243 e. The minimum Gasteiger partial charge on any atom is -0.486 e. The van der Waals surface area contributed by atoms with E-state index < -0.39 is 16.1 Å². The van der Waals surface area contributed by atoms with E-state index in [0.717, 1.165) is 0 Å². The smallest absolute Gasteiger partial charge is 0.243 e. The van der Waals surface area contributed by atoms with Crippen molar-refractivity contribution in [1.29, 1.82) is 0 Å². The van der Waals surface area contributed by atoms with Crippen LogP contribution in [0.5, 0.6) is 11.5 Å². The van der Waals surface area contributed by atoms with Crippen LogP contribution in [0.2, 0.25) is 0 Å². The first-order valence-electron chi connectivity index (χ1n) is 6.67. The van der Waals surface area contributed by atoms with Crippen molar-refractivity contribution in [1.82, 2.24) is 9.62 Å². The highest BCUT2D eigenvalue weighted by molar-refractivity contribution is 7.89. The first-order chi connectivity index (χ1) is 10.0. The van der Waals surface area contributed by atoms with Crippen LogP contribution >= 0.6 is 0 Å². The molecule has 3 rings (SSSR count). The van der Waals surface area contributed by atoms with Gasteiger partial charge in [0.1, 0.15) is 19.3 Å². The Hall–Kier alpha value is -1.80. The van der Waals surface area contributed by atoms with Gasteiger partial charge in [0.15, 0.2) is 11.5 Å². The van der Waals surface area contributed by atoms with Gasteiger partial charge in [-0.25, -0.2) is 8.42 Å². The number of hydrogen-bond acceptors (Lipinski definition) is 5. The van der Waals surface area contributed by atoms with E-state index in [2.05, 4.69) is 5.32 Å². The van der Waals surface area contributed by atoms with Gasteiger partial charge >= 0.3 is 0 Å². The summed E-state index contributed by atoms with van der Waals surface area (Å²) in [5.74, 6) is 0.661. The number of rotatable bonds is 3. The molecular formula is C13H16N2O5S. The molecule has 1 aromatic rings. The van der Waals surface area contributed by atoms with E-state index in [4.69, 9.17) is 9.47 Å². The van der Waals surface area contributed by atoms with Crippen molar-refractivity contribution in [2.45, 2.75) is 17.4 Å². The fraction of sp³-hybridized carbons (Fsp3) is 0.462. The third-order valence-electron chi connectivity index (χ3n) is 3.64. The molecule has 0 aromatic heterocycles. The molecule has 0 bridgehead atoms. The number of benzene rings is 1. The van der Waals surface area contributed by atoms with E-state index >= 15 is 0 Å². The van der Waals surface area contributed by atoms with Crippen molar-refractivity contribution in [3.8, 4) is 11.5 Å². The first kappa shape index (κ1) is 14.2. The van der Waals surface area contributed by atoms with Crippen molar-refractivity contribution in [2.24, 2.45) is 0 Å². The number of carbonyl (C=O) groups is 1. The molecule has 1 aromatic carbocycles. The number of likely N-dealkylation sites (N-methyl/N-ethyl adjacent to an activating group) is 1. The second kappa shape index (κ2) is 5.19. The first-order valence-corrected chi connectivity index (χ1v) is 8.11. The molecule has 0 unspecified atom stereocenters. The molecule has 2 heterocycles. The van der Waals surface area contributed by atoms with Crippen LogP contribution in [-0.2, 0) is 14.8 Å². The van der Waals surface area contributed by atoms with Gasteiger partial charge in [-0.15, -0.1) is 0 Å². The molecule has 2 aliphatic rings. The van der Waals surface area contributed by atoms with E-state index in [-0.39, 0.29) is 10.8 Å². The van der Waals surface area contributed by atoms with Gasteiger partial charge in [0.05, 0.1) is 4.90 Å². The monoisotopic (exact) mass is 312 g/mol. The number of nitrogens with zero attached hydrogens (tertiary/aromatic N) is 1.